The Bertz CT molecular complexity index is 1070. The largest absolute Gasteiger partial charge is 0.392 e. The third-order valence-electron chi connectivity index (χ3n) is 4.25. The number of benzene rings is 1. The Labute approximate surface area is 180 Å². The highest BCUT2D eigenvalue weighted by Gasteiger charge is 2.13. The number of aromatic amines is 1. The van der Waals surface area contributed by atoms with E-state index in [1.807, 2.05) is 46.3 Å². The summed E-state index contributed by atoms with van der Waals surface area (Å²) in [5.74, 6) is 0.797. The average molecular weight is 428 g/mol. The summed E-state index contributed by atoms with van der Waals surface area (Å²) in [6.45, 7) is 3.90. The van der Waals surface area contributed by atoms with Crippen LogP contribution < -0.4 is 16.4 Å². The minimum absolute atomic E-state index is 0.111. The number of nitrogens with one attached hydrogen (secondary N) is 3. The molecule has 30 heavy (non-hydrogen) atoms. The molecular weight excluding hydrogens is 402 g/mol. The first-order valence-corrected chi connectivity index (χ1v) is 9.80. The van der Waals surface area contributed by atoms with E-state index >= 15 is 0 Å². The van der Waals surface area contributed by atoms with Crippen LogP contribution in [0.25, 0.3) is 22.2 Å². The minimum Gasteiger partial charge on any atom is -0.392 e. The van der Waals surface area contributed by atoms with E-state index in [1.165, 1.54) is 0 Å². The second-order valence-corrected chi connectivity index (χ2v) is 6.63. The number of carbonyl (C=O) groups excluding carboxylic acids is 1. The van der Waals surface area contributed by atoms with E-state index in [9.17, 15) is 0 Å². The van der Waals surface area contributed by atoms with Gasteiger partial charge in [0.15, 0.2) is 0 Å². The summed E-state index contributed by atoms with van der Waals surface area (Å²) in [4.78, 5) is 25.6. The Hall–Kier alpha value is -3.39. The number of allylic oxidation sites excluding steroid dienone is 1. The van der Waals surface area contributed by atoms with Gasteiger partial charge in [0.2, 0.25) is 0 Å². The van der Waals surface area contributed by atoms with E-state index in [0.29, 0.717) is 18.1 Å². The van der Waals surface area contributed by atoms with Crippen molar-refractivity contribution in [3.8, 4) is 11.3 Å². The molecule has 0 radical (unpaired) electrons. The first kappa shape index (κ1) is 22.9. The number of aryl methyl sites for hydroxylation is 1. The maximum Gasteiger partial charge on any atom is 0.251 e. The lowest BCUT2D eigenvalue weighted by Gasteiger charge is -2.06. The van der Waals surface area contributed by atoms with Crippen molar-refractivity contribution in [1.29, 1.82) is 0 Å². The number of aliphatic imine (C=N–C) groups is 1. The van der Waals surface area contributed by atoms with Gasteiger partial charge in [-0.15, -0.1) is 11.6 Å². The van der Waals surface area contributed by atoms with Gasteiger partial charge in [0.05, 0.1) is 22.8 Å². The number of H-pyrrole nitrogens is 1. The normalized spacial score (nSPS) is 11.6. The molecule has 1 aromatic carbocycles. The van der Waals surface area contributed by atoms with Crippen molar-refractivity contribution in [1.82, 2.24) is 20.3 Å². The lowest BCUT2D eigenvalue weighted by Crippen LogP contribution is -2.12. The topological polar surface area (TPSA) is 121 Å². The number of halogens is 1. The smallest absolute Gasteiger partial charge is 0.251 e. The van der Waals surface area contributed by atoms with Gasteiger partial charge in [-0.2, -0.15) is 4.99 Å². The van der Waals surface area contributed by atoms with Crippen LogP contribution in [-0.4, -0.2) is 47.0 Å². The number of nitrogens with zero attached hydrogens (tertiary/aromatic N) is 3. The molecule has 158 valence electrons. The molecule has 0 amide bonds. The number of anilines is 1. The lowest BCUT2D eigenvalue weighted by atomic mass is 10.1. The van der Waals surface area contributed by atoms with Gasteiger partial charge < -0.3 is 26.1 Å². The molecule has 3 rings (SSSR count). The molecule has 0 aliphatic heterocycles. The SMILES string of the molecule is CN/C(C)=C\C(N)=N/c1ncc(C)c(-c2c[nH]c3c(NC)cccc23)n1.O=CCCl. The molecule has 5 N–H and O–H groups in total. The average Bonchev–Trinajstić information content (AvgIpc) is 3.19. The molecule has 8 nitrogen and oxygen atoms in total. The number of carbonyl (C=O) groups is 1. The molecule has 2 heterocycles. The summed E-state index contributed by atoms with van der Waals surface area (Å²) < 4.78 is 0. The van der Waals surface area contributed by atoms with Crippen molar-refractivity contribution in [3.63, 3.8) is 0 Å². The van der Waals surface area contributed by atoms with Crippen LogP contribution in [0.1, 0.15) is 12.5 Å². The minimum atomic E-state index is 0.111. The van der Waals surface area contributed by atoms with Gasteiger partial charge in [0, 0.05) is 43.1 Å². The van der Waals surface area contributed by atoms with E-state index in [1.54, 1.807) is 12.3 Å². The highest BCUT2D eigenvalue weighted by atomic mass is 35.5. The Morgan fingerprint density at radius 3 is 2.73 bits per heavy atom. The highest BCUT2D eigenvalue weighted by molar-refractivity contribution is 6.24. The summed E-state index contributed by atoms with van der Waals surface area (Å²) in [7, 11) is 3.73. The number of hydrogen-bond donors (Lipinski definition) is 4. The van der Waals surface area contributed by atoms with Crippen LogP contribution in [0.15, 0.2) is 47.4 Å². The number of amidine groups is 1. The van der Waals surface area contributed by atoms with E-state index in [4.69, 9.17) is 22.1 Å². The summed E-state index contributed by atoms with van der Waals surface area (Å²) in [6, 6.07) is 6.12. The van der Waals surface area contributed by atoms with Crippen molar-refractivity contribution in [2.24, 2.45) is 10.7 Å². The molecule has 9 heteroatoms. The fraction of sp³-hybridized carbons (Fsp3) is 0.238. The lowest BCUT2D eigenvalue weighted by molar-refractivity contribution is -0.105. The molecule has 2 aromatic heterocycles. The second-order valence-electron chi connectivity index (χ2n) is 6.32. The third-order valence-corrected chi connectivity index (χ3v) is 4.38. The monoisotopic (exact) mass is 427 g/mol. The predicted octanol–water partition coefficient (Wildman–Crippen LogP) is 3.51. The predicted molar refractivity (Wildman–Crippen MR) is 124 cm³/mol. The molecule has 0 fully saturated rings. The number of fused-ring (bicyclic) bond motifs is 1. The third kappa shape index (κ3) is 5.57. The van der Waals surface area contributed by atoms with Crippen LogP contribution in [0.4, 0.5) is 11.6 Å². The highest BCUT2D eigenvalue weighted by Crippen LogP contribution is 2.33. The maximum atomic E-state index is 9.04. The standard InChI is InChI=1S/C19H23N7.C2H3ClO/c1-11-9-24-19(25-16(20)8-12(2)21-3)26-17(11)14-10-23-18-13(14)6-5-7-15(18)22-4;3-1-2-4/h5-10,21-23H,1-4H3,(H2,20,24,25,26);2H,1H2/b12-8-;. The molecule has 0 unspecified atom stereocenters. The summed E-state index contributed by atoms with van der Waals surface area (Å²) in [5.41, 5.74) is 11.8. The van der Waals surface area contributed by atoms with E-state index in [-0.39, 0.29) is 5.88 Å². The summed E-state index contributed by atoms with van der Waals surface area (Å²) >= 11 is 4.82. The molecule has 0 atom stereocenters. The first-order chi connectivity index (χ1) is 14.4. The number of aldehydes is 1. The van der Waals surface area contributed by atoms with Crippen molar-refractivity contribution in [2.75, 3.05) is 25.3 Å². The van der Waals surface area contributed by atoms with Crippen LogP contribution in [0.3, 0.4) is 0 Å². The van der Waals surface area contributed by atoms with Crippen molar-refractivity contribution >= 4 is 46.3 Å². The van der Waals surface area contributed by atoms with E-state index < -0.39 is 0 Å². The Morgan fingerprint density at radius 1 is 1.37 bits per heavy atom. The Balaban J connectivity index is 0.000000735. The first-order valence-electron chi connectivity index (χ1n) is 9.26. The molecule has 0 saturated carbocycles. The molecule has 0 aliphatic carbocycles. The Morgan fingerprint density at radius 2 is 2.10 bits per heavy atom. The van der Waals surface area contributed by atoms with Crippen molar-refractivity contribution < 1.29 is 4.79 Å². The van der Waals surface area contributed by atoms with Crippen LogP contribution in [0, 0.1) is 6.92 Å². The van der Waals surface area contributed by atoms with Crippen LogP contribution in [0.5, 0.6) is 0 Å². The fourth-order valence-electron chi connectivity index (χ4n) is 2.76. The van der Waals surface area contributed by atoms with Crippen molar-refractivity contribution in [3.05, 3.63) is 47.9 Å². The fourth-order valence-corrected chi connectivity index (χ4v) is 2.76. The van der Waals surface area contributed by atoms with Gasteiger partial charge in [0.25, 0.3) is 5.95 Å². The molecule has 0 saturated heterocycles. The zero-order valence-corrected chi connectivity index (χ0v) is 18.2. The van der Waals surface area contributed by atoms with E-state index in [2.05, 4.69) is 36.6 Å². The number of rotatable bonds is 6. The Kier molecular flexibility index (Phi) is 8.37. The molecule has 0 bridgehead atoms. The summed E-state index contributed by atoms with van der Waals surface area (Å²) in [5, 5.41) is 7.29. The van der Waals surface area contributed by atoms with E-state index in [0.717, 1.165) is 39.1 Å². The quantitative estimate of drug-likeness (QED) is 0.207. The van der Waals surface area contributed by atoms with Crippen LogP contribution in [0.2, 0.25) is 0 Å². The molecule has 3 aromatic rings. The van der Waals surface area contributed by atoms with Crippen LogP contribution in [-0.2, 0) is 4.79 Å². The van der Waals surface area contributed by atoms with Crippen molar-refractivity contribution in [2.45, 2.75) is 13.8 Å². The van der Waals surface area contributed by atoms with Gasteiger partial charge in [-0.3, -0.25) is 0 Å². The molecule has 0 spiro atoms. The van der Waals surface area contributed by atoms with Crippen LogP contribution >= 0.6 is 11.6 Å². The number of nitrogens with two attached hydrogens (primary N) is 1. The van der Waals surface area contributed by atoms with Gasteiger partial charge in [-0.1, -0.05) is 12.1 Å². The number of alkyl halides is 1. The van der Waals surface area contributed by atoms with Gasteiger partial charge in [-0.25, -0.2) is 9.97 Å². The number of para-hydroxylation sites is 1. The zero-order chi connectivity index (χ0) is 22.1. The summed E-state index contributed by atoms with van der Waals surface area (Å²) in [6.07, 6.45) is 6.11. The second kappa shape index (κ2) is 11.0. The molecule has 0 aliphatic rings. The van der Waals surface area contributed by atoms with Gasteiger partial charge in [-0.05, 0) is 31.6 Å². The number of hydrogen-bond acceptors (Lipinski definition) is 6. The maximum absolute atomic E-state index is 9.04. The van der Waals surface area contributed by atoms with Gasteiger partial charge in [0.1, 0.15) is 12.1 Å². The van der Waals surface area contributed by atoms with Gasteiger partial charge >= 0.3 is 0 Å². The number of aromatic nitrogens is 3. The molecular formula is C21H26ClN7O. The zero-order valence-electron chi connectivity index (χ0n) is 17.5.